The molecule has 1 aliphatic rings. The Morgan fingerprint density at radius 3 is 2.22 bits per heavy atom. The van der Waals surface area contributed by atoms with Gasteiger partial charge in [0.1, 0.15) is 5.82 Å². The van der Waals surface area contributed by atoms with Gasteiger partial charge in [-0.05, 0) is 47.5 Å². The molecule has 3 nitrogen and oxygen atoms in total. The molecule has 3 aromatic rings. The second kappa shape index (κ2) is 10.1. The van der Waals surface area contributed by atoms with Gasteiger partial charge < -0.3 is 4.90 Å². The summed E-state index contributed by atoms with van der Waals surface area (Å²) in [4.78, 5) is 8.48. The molecule has 0 unspecified atom stereocenters. The maximum atomic E-state index is 13.2. The SMILES string of the molecule is Cl.Fc1ccc(-c2cncc(CN3CCN(c4ccc(Cl)c(C(F)(F)F)c4)CC3)c2)cc1. The fraction of sp³-hybridized carbons (Fsp3) is 0.261. The summed E-state index contributed by atoms with van der Waals surface area (Å²) in [5.41, 5.74) is 2.55. The molecule has 0 atom stereocenters. The Morgan fingerprint density at radius 1 is 0.875 bits per heavy atom. The molecular formula is C23H21Cl2F4N3. The number of hydrogen-bond acceptors (Lipinski definition) is 3. The Hall–Kier alpha value is -2.35. The highest BCUT2D eigenvalue weighted by Crippen LogP contribution is 2.37. The lowest BCUT2D eigenvalue weighted by Gasteiger charge is -2.36. The Morgan fingerprint density at radius 2 is 1.56 bits per heavy atom. The van der Waals surface area contributed by atoms with Crippen molar-refractivity contribution in [3.05, 3.63) is 82.9 Å². The minimum absolute atomic E-state index is 0. The van der Waals surface area contributed by atoms with Crippen LogP contribution in [0, 0.1) is 5.82 Å². The van der Waals surface area contributed by atoms with Crippen LogP contribution in [-0.2, 0) is 12.7 Å². The fourth-order valence-corrected chi connectivity index (χ4v) is 3.95. The highest BCUT2D eigenvalue weighted by molar-refractivity contribution is 6.31. The molecule has 2 heterocycles. The normalized spacial score (nSPS) is 14.8. The van der Waals surface area contributed by atoms with Crippen molar-refractivity contribution in [1.29, 1.82) is 0 Å². The van der Waals surface area contributed by atoms with Gasteiger partial charge in [-0.2, -0.15) is 13.2 Å². The van der Waals surface area contributed by atoms with Crippen molar-refractivity contribution >= 4 is 29.7 Å². The van der Waals surface area contributed by atoms with Crippen molar-refractivity contribution in [1.82, 2.24) is 9.88 Å². The quantitative estimate of drug-likeness (QED) is 0.404. The van der Waals surface area contributed by atoms with Crippen molar-refractivity contribution in [3.63, 3.8) is 0 Å². The van der Waals surface area contributed by atoms with E-state index in [1.807, 2.05) is 11.0 Å². The van der Waals surface area contributed by atoms with Crippen LogP contribution in [0.5, 0.6) is 0 Å². The van der Waals surface area contributed by atoms with Gasteiger partial charge in [0.2, 0.25) is 0 Å². The molecule has 1 fully saturated rings. The number of benzene rings is 2. The number of anilines is 1. The predicted molar refractivity (Wildman–Crippen MR) is 121 cm³/mol. The Bertz CT molecular complexity index is 1050. The molecule has 0 radical (unpaired) electrons. The number of nitrogens with zero attached hydrogens (tertiary/aromatic N) is 3. The molecule has 1 saturated heterocycles. The molecule has 2 aromatic carbocycles. The van der Waals surface area contributed by atoms with Gasteiger partial charge in [-0.1, -0.05) is 23.7 Å². The largest absolute Gasteiger partial charge is 0.417 e. The van der Waals surface area contributed by atoms with E-state index < -0.39 is 11.7 Å². The van der Waals surface area contributed by atoms with Gasteiger partial charge in [-0.25, -0.2) is 4.39 Å². The fourth-order valence-electron chi connectivity index (χ4n) is 3.72. The first-order chi connectivity index (χ1) is 14.8. The van der Waals surface area contributed by atoms with E-state index in [2.05, 4.69) is 9.88 Å². The van der Waals surface area contributed by atoms with Gasteiger partial charge in [-0.15, -0.1) is 12.4 Å². The van der Waals surface area contributed by atoms with Crippen molar-refractivity contribution in [3.8, 4) is 11.1 Å². The number of pyridine rings is 1. The van der Waals surface area contributed by atoms with Crippen molar-refractivity contribution in [2.75, 3.05) is 31.1 Å². The van der Waals surface area contributed by atoms with E-state index in [9.17, 15) is 17.6 Å². The molecule has 1 aromatic heterocycles. The van der Waals surface area contributed by atoms with Gasteiger partial charge >= 0.3 is 6.18 Å². The standard InChI is InChI=1S/C23H20ClF4N3.ClH/c24-22-6-5-20(12-21(22)23(26,27)28)31-9-7-30(8-10-31)15-16-11-18(14-29-13-16)17-1-3-19(25)4-2-17;/h1-6,11-14H,7-10,15H2;1H. The molecule has 0 amide bonds. The second-order valence-corrected chi connectivity index (χ2v) is 7.92. The topological polar surface area (TPSA) is 19.4 Å². The summed E-state index contributed by atoms with van der Waals surface area (Å²) in [5, 5.41) is -0.288. The third-order valence-corrected chi connectivity index (χ3v) is 5.70. The van der Waals surface area contributed by atoms with Crippen LogP contribution in [0.15, 0.2) is 60.9 Å². The number of piperazine rings is 1. The monoisotopic (exact) mass is 485 g/mol. The van der Waals surface area contributed by atoms with E-state index in [1.54, 1.807) is 30.6 Å². The van der Waals surface area contributed by atoms with E-state index in [0.29, 0.717) is 38.4 Å². The molecule has 4 rings (SSSR count). The summed E-state index contributed by atoms with van der Waals surface area (Å²) >= 11 is 5.73. The third-order valence-electron chi connectivity index (χ3n) is 5.37. The zero-order valence-electron chi connectivity index (χ0n) is 16.9. The molecule has 0 aliphatic carbocycles. The Labute approximate surface area is 195 Å². The number of halogens is 6. The summed E-state index contributed by atoms with van der Waals surface area (Å²) in [6.45, 7) is 3.34. The zero-order valence-corrected chi connectivity index (χ0v) is 18.5. The molecule has 0 N–H and O–H groups in total. The zero-order chi connectivity index (χ0) is 22.0. The highest BCUT2D eigenvalue weighted by Gasteiger charge is 2.34. The van der Waals surface area contributed by atoms with Gasteiger partial charge in [0, 0.05) is 56.4 Å². The van der Waals surface area contributed by atoms with E-state index in [0.717, 1.165) is 22.8 Å². The number of hydrogen-bond donors (Lipinski definition) is 0. The number of aromatic nitrogens is 1. The summed E-state index contributed by atoms with van der Waals surface area (Å²) in [6.07, 6.45) is -0.931. The molecule has 0 bridgehead atoms. The third kappa shape index (κ3) is 5.71. The summed E-state index contributed by atoms with van der Waals surface area (Å²) < 4.78 is 52.6. The smallest absolute Gasteiger partial charge is 0.369 e. The minimum Gasteiger partial charge on any atom is -0.369 e. The van der Waals surface area contributed by atoms with Crippen molar-refractivity contribution in [2.24, 2.45) is 0 Å². The lowest BCUT2D eigenvalue weighted by atomic mass is 10.1. The summed E-state index contributed by atoms with van der Waals surface area (Å²) in [7, 11) is 0. The first-order valence-corrected chi connectivity index (χ1v) is 10.2. The number of rotatable bonds is 4. The van der Waals surface area contributed by atoms with Crippen LogP contribution in [0.2, 0.25) is 5.02 Å². The first kappa shape index (κ1) is 24.3. The maximum absolute atomic E-state index is 13.2. The van der Waals surface area contributed by atoms with E-state index in [-0.39, 0.29) is 23.2 Å². The van der Waals surface area contributed by atoms with Gasteiger partial charge in [0.05, 0.1) is 10.6 Å². The van der Waals surface area contributed by atoms with Crippen LogP contribution < -0.4 is 4.90 Å². The average Bonchev–Trinajstić information content (AvgIpc) is 2.75. The van der Waals surface area contributed by atoms with Crippen LogP contribution in [-0.4, -0.2) is 36.1 Å². The van der Waals surface area contributed by atoms with Crippen LogP contribution in [0.25, 0.3) is 11.1 Å². The van der Waals surface area contributed by atoms with Crippen molar-refractivity contribution in [2.45, 2.75) is 12.7 Å². The predicted octanol–water partition coefficient (Wildman–Crippen LogP) is 6.30. The summed E-state index contributed by atoms with van der Waals surface area (Å²) in [5.74, 6) is -0.284. The molecule has 0 spiro atoms. The molecule has 1 aliphatic heterocycles. The Balaban J connectivity index is 0.00000289. The molecular weight excluding hydrogens is 465 g/mol. The summed E-state index contributed by atoms with van der Waals surface area (Å²) in [6, 6.07) is 12.4. The van der Waals surface area contributed by atoms with Gasteiger partial charge in [0.15, 0.2) is 0 Å². The molecule has 0 saturated carbocycles. The molecule has 170 valence electrons. The van der Waals surface area contributed by atoms with E-state index >= 15 is 0 Å². The lowest BCUT2D eigenvalue weighted by molar-refractivity contribution is -0.137. The van der Waals surface area contributed by atoms with Crippen LogP contribution in [0.3, 0.4) is 0 Å². The molecule has 9 heteroatoms. The highest BCUT2D eigenvalue weighted by atomic mass is 35.5. The lowest BCUT2D eigenvalue weighted by Crippen LogP contribution is -2.46. The average molecular weight is 486 g/mol. The number of alkyl halides is 3. The van der Waals surface area contributed by atoms with Crippen LogP contribution in [0.1, 0.15) is 11.1 Å². The molecule has 32 heavy (non-hydrogen) atoms. The van der Waals surface area contributed by atoms with Crippen LogP contribution in [0.4, 0.5) is 23.2 Å². The van der Waals surface area contributed by atoms with Gasteiger partial charge in [0.25, 0.3) is 0 Å². The van der Waals surface area contributed by atoms with Crippen LogP contribution >= 0.6 is 24.0 Å². The first-order valence-electron chi connectivity index (χ1n) is 9.83. The minimum atomic E-state index is -4.47. The van der Waals surface area contributed by atoms with Gasteiger partial charge in [-0.3, -0.25) is 9.88 Å². The van der Waals surface area contributed by atoms with E-state index in [1.165, 1.54) is 18.2 Å². The Kier molecular flexibility index (Phi) is 7.64. The van der Waals surface area contributed by atoms with Crippen molar-refractivity contribution < 1.29 is 17.6 Å². The van der Waals surface area contributed by atoms with E-state index in [4.69, 9.17) is 11.6 Å². The second-order valence-electron chi connectivity index (χ2n) is 7.51. The maximum Gasteiger partial charge on any atom is 0.417 e.